The normalized spacial score (nSPS) is 15.8. The Labute approximate surface area is 164 Å². The van der Waals surface area contributed by atoms with Crippen LogP contribution in [-0.2, 0) is 4.79 Å². The summed E-state index contributed by atoms with van der Waals surface area (Å²) in [6.07, 6.45) is 1.82. The van der Waals surface area contributed by atoms with Gasteiger partial charge in [-0.25, -0.2) is 0 Å². The number of carbonyl (C=O) groups is 1. The van der Waals surface area contributed by atoms with Crippen molar-refractivity contribution in [2.24, 2.45) is 0 Å². The van der Waals surface area contributed by atoms with E-state index in [0.29, 0.717) is 15.9 Å². The topological polar surface area (TPSA) is 41.6 Å². The zero-order valence-corrected chi connectivity index (χ0v) is 16.6. The number of nitrogens with one attached hydrogen (secondary N) is 1. The van der Waals surface area contributed by atoms with E-state index in [0.717, 1.165) is 21.5 Å². The smallest absolute Gasteiger partial charge is 0.267 e. The Balaban J connectivity index is 1.73. The van der Waals surface area contributed by atoms with Crippen LogP contribution in [0.3, 0.4) is 0 Å². The van der Waals surface area contributed by atoms with Crippen molar-refractivity contribution in [2.45, 2.75) is 0 Å². The highest BCUT2D eigenvalue weighted by Gasteiger charge is 2.31. The number of ether oxygens (including phenoxy) is 1. The number of rotatable bonds is 5. The summed E-state index contributed by atoms with van der Waals surface area (Å²) in [6, 6.07) is 15.3. The Morgan fingerprint density at radius 1 is 1.24 bits per heavy atom. The quantitative estimate of drug-likeness (QED) is 0.544. The molecule has 0 spiro atoms. The maximum absolute atomic E-state index is 12.7. The molecule has 1 aliphatic rings. The number of halogens is 1. The summed E-state index contributed by atoms with van der Waals surface area (Å²) >= 11 is 10.1. The molecule has 2 aromatic rings. The third-order valence-electron chi connectivity index (χ3n) is 3.58. The number of hydrogen-bond acceptors (Lipinski definition) is 5. The van der Waals surface area contributed by atoms with E-state index in [9.17, 15) is 4.79 Å². The van der Waals surface area contributed by atoms with Crippen LogP contribution in [0.25, 0.3) is 6.08 Å². The standard InChI is InChI=1S/C18H15BrN2O2S2/c1-23-15-5-3-2-4-12(15)10-16-17(22)21(18(24)25-16)11-20-14-8-6-13(19)7-9-14/h2-10,20H,11H2,1H3. The Morgan fingerprint density at radius 2 is 1.96 bits per heavy atom. The van der Waals surface area contributed by atoms with Crippen LogP contribution in [0.4, 0.5) is 5.69 Å². The summed E-state index contributed by atoms with van der Waals surface area (Å²) in [5.74, 6) is 0.617. The molecule has 25 heavy (non-hydrogen) atoms. The minimum atomic E-state index is -0.106. The van der Waals surface area contributed by atoms with Crippen molar-refractivity contribution in [3.63, 3.8) is 0 Å². The third-order valence-corrected chi connectivity index (χ3v) is 5.49. The van der Waals surface area contributed by atoms with E-state index >= 15 is 0 Å². The first-order chi connectivity index (χ1) is 12.1. The second kappa shape index (κ2) is 8.03. The fourth-order valence-electron chi connectivity index (χ4n) is 2.30. The largest absolute Gasteiger partial charge is 0.496 e. The maximum atomic E-state index is 12.7. The van der Waals surface area contributed by atoms with Gasteiger partial charge in [0.25, 0.3) is 5.91 Å². The van der Waals surface area contributed by atoms with Crippen molar-refractivity contribution < 1.29 is 9.53 Å². The number of hydrogen-bond donors (Lipinski definition) is 1. The highest BCUT2D eigenvalue weighted by molar-refractivity contribution is 9.10. The summed E-state index contributed by atoms with van der Waals surface area (Å²) in [5.41, 5.74) is 1.78. The molecule has 0 saturated carbocycles. The van der Waals surface area contributed by atoms with Crippen LogP contribution >= 0.6 is 39.9 Å². The number of benzene rings is 2. The van der Waals surface area contributed by atoms with Gasteiger partial charge in [0.2, 0.25) is 0 Å². The SMILES string of the molecule is COc1ccccc1C=C1SC(=S)N(CNc2ccc(Br)cc2)C1=O. The van der Waals surface area contributed by atoms with E-state index < -0.39 is 0 Å². The molecule has 7 heteroatoms. The predicted octanol–water partition coefficient (Wildman–Crippen LogP) is 4.73. The zero-order chi connectivity index (χ0) is 17.8. The fourth-order valence-corrected chi connectivity index (χ4v) is 3.81. The van der Waals surface area contributed by atoms with E-state index in [2.05, 4.69) is 21.2 Å². The molecule has 3 rings (SSSR count). The van der Waals surface area contributed by atoms with Gasteiger partial charge in [-0.3, -0.25) is 9.69 Å². The molecule has 4 nitrogen and oxygen atoms in total. The number of para-hydroxylation sites is 1. The monoisotopic (exact) mass is 434 g/mol. The van der Waals surface area contributed by atoms with Crippen molar-refractivity contribution in [2.75, 3.05) is 19.1 Å². The lowest BCUT2D eigenvalue weighted by Crippen LogP contribution is -2.33. The second-order valence-electron chi connectivity index (χ2n) is 5.19. The van der Waals surface area contributed by atoms with E-state index in [4.69, 9.17) is 17.0 Å². The molecule has 0 bridgehead atoms. The van der Waals surface area contributed by atoms with Crippen molar-refractivity contribution in [1.82, 2.24) is 4.90 Å². The maximum Gasteiger partial charge on any atom is 0.267 e. The molecule has 1 aliphatic heterocycles. The predicted molar refractivity (Wildman–Crippen MR) is 111 cm³/mol. The van der Waals surface area contributed by atoms with Crippen molar-refractivity contribution in [3.8, 4) is 5.75 Å². The number of carbonyl (C=O) groups excluding carboxylic acids is 1. The van der Waals surface area contributed by atoms with Crippen LogP contribution in [0, 0.1) is 0 Å². The molecule has 0 aromatic heterocycles. The second-order valence-corrected chi connectivity index (χ2v) is 7.78. The highest BCUT2D eigenvalue weighted by Crippen LogP contribution is 2.34. The summed E-state index contributed by atoms with van der Waals surface area (Å²) in [4.78, 5) is 14.8. The van der Waals surface area contributed by atoms with Crippen LogP contribution in [0.15, 0.2) is 57.9 Å². The number of anilines is 1. The van der Waals surface area contributed by atoms with Gasteiger partial charge in [0.15, 0.2) is 0 Å². The average molecular weight is 435 g/mol. The van der Waals surface area contributed by atoms with Gasteiger partial charge in [-0.2, -0.15) is 0 Å². The van der Waals surface area contributed by atoms with Gasteiger partial charge in [0.05, 0.1) is 18.7 Å². The molecule has 0 unspecified atom stereocenters. The van der Waals surface area contributed by atoms with Crippen molar-refractivity contribution in [3.05, 3.63) is 63.5 Å². The van der Waals surface area contributed by atoms with E-state index in [1.165, 1.54) is 11.8 Å². The van der Waals surface area contributed by atoms with Crippen molar-refractivity contribution >= 4 is 61.9 Å². The van der Waals surface area contributed by atoms with Gasteiger partial charge < -0.3 is 10.1 Å². The number of amides is 1. The van der Waals surface area contributed by atoms with Gasteiger partial charge in [0.1, 0.15) is 10.1 Å². The summed E-state index contributed by atoms with van der Waals surface area (Å²) < 4.78 is 6.87. The number of methoxy groups -OCH3 is 1. The van der Waals surface area contributed by atoms with Crippen molar-refractivity contribution in [1.29, 1.82) is 0 Å². The first-order valence-corrected chi connectivity index (χ1v) is 9.48. The number of thiocarbonyl (C=S) groups is 1. The van der Waals surface area contributed by atoms with Crippen LogP contribution in [0.2, 0.25) is 0 Å². The Kier molecular flexibility index (Phi) is 5.78. The lowest BCUT2D eigenvalue weighted by atomic mass is 10.2. The van der Waals surface area contributed by atoms with Crippen LogP contribution in [0.5, 0.6) is 5.75 Å². The Hall–Kier alpha value is -1.83. The Bertz CT molecular complexity index is 837. The molecular weight excluding hydrogens is 420 g/mol. The first kappa shape index (κ1) is 18.0. The van der Waals surface area contributed by atoms with Gasteiger partial charge in [-0.1, -0.05) is 58.1 Å². The minimum Gasteiger partial charge on any atom is -0.496 e. The van der Waals surface area contributed by atoms with Crippen LogP contribution in [-0.4, -0.2) is 28.9 Å². The lowest BCUT2D eigenvalue weighted by Gasteiger charge is -2.16. The molecule has 1 fully saturated rings. The van der Waals surface area contributed by atoms with E-state index in [1.807, 2.05) is 54.6 Å². The van der Waals surface area contributed by atoms with E-state index in [-0.39, 0.29) is 5.91 Å². The molecule has 128 valence electrons. The molecule has 0 aliphatic carbocycles. The minimum absolute atomic E-state index is 0.106. The van der Waals surface area contributed by atoms with Gasteiger partial charge in [-0.15, -0.1) is 0 Å². The van der Waals surface area contributed by atoms with Gasteiger partial charge in [-0.05, 0) is 36.4 Å². The molecule has 0 atom stereocenters. The molecule has 2 aromatic carbocycles. The zero-order valence-electron chi connectivity index (χ0n) is 13.4. The summed E-state index contributed by atoms with van der Waals surface area (Å²) in [7, 11) is 1.61. The molecule has 1 amide bonds. The molecule has 1 heterocycles. The first-order valence-electron chi connectivity index (χ1n) is 7.46. The molecule has 0 radical (unpaired) electrons. The lowest BCUT2D eigenvalue weighted by molar-refractivity contribution is -0.121. The Morgan fingerprint density at radius 3 is 2.68 bits per heavy atom. The fraction of sp³-hybridized carbons (Fsp3) is 0.111. The third kappa shape index (κ3) is 4.23. The van der Waals surface area contributed by atoms with Gasteiger partial charge >= 0.3 is 0 Å². The van der Waals surface area contributed by atoms with E-state index in [1.54, 1.807) is 12.0 Å². The van der Waals surface area contributed by atoms with Crippen LogP contribution < -0.4 is 10.1 Å². The molecule has 1 N–H and O–H groups in total. The number of nitrogens with zero attached hydrogens (tertiary/aromatic N) is 1. The molecule has 1 saturated heterocycles. The average Bonchev–Trinajstić information content (AvgIpc) is 2.88. The van der Waals surface area contributed by atoms with Gasteiger partial charge in [0, 0.05) is 15.7 Å². The summed E-state index contributed by atoms with van der Waals surface area (Å²) in [5, 5.41) is 3.21. The number of thioether (sulfide) groups is 1. The molecular formula is C18H15BrN2O2S2. The summed E-state index contributed by atoms with van der Waals surface area (Å²) in [6.45, 7) is 0.329. The van der Waals surface area contributed by atoms with Crippen LogP contribution in [0.1, 0.15) is 5.56 Å². The highest BCUT2D eigenvalue weighted by atomic mass is 79.9.